The van der Waals surface area contributed by atoms with E-state index in [9.17, 15) is 0 Å². The lowest BCUT2D eigenvalue weighted by molar-refractivity contribution is 0.690. The second kappa shape index (κ2) is 4.88. The highest BCUT2D eigenvalue weighted by atomic mass is 32.1. The van der Waals surface area contributed by atoms with Crippen LogP contribution in [0.3, 0.4) is 0 Å². The molecule has 0 spiro atoms. The predicted molar refractivity (Wildman–Crippen MR) is 85.4 cm³/mol. The molecule has 2 nitrogen and oxygen atoms in total. The van der Waals surface area contributed by atoms with Crippen molar-refractivity contribution in [2.75, 3.05) is 0 Å². The van der Waals surface area contributed by atoms with Crippen molar-refractivity contribution in [3.63, 3.8) is 0 Å². The van der Waals surface area contributed by atoms with E-state index in [4.69, 9.17) is 4.99 Å². The number of fused-ring (bicyclic) bond motifs is 5. The molecule has 3 heteroatoms. The molecule has 0 saturated heterocycles. The predicted octanol–water partition coefficient (Wildman–Crippen LogP) is 4.52. The molecule has 0 N–H and O–H groups in total. The summed E-state index contributed by atoms with van der Waals surface area (Å²) in [7, 11) is 0. The third kappa shape index (κ3) is 1.80. The average molecular weight is 284 g/mol. The second-order valence-electron chi connectivity index (χ2n) is 5.77. The molecule has 0 unspecified atom stereocenters. The monoisotopic (exact) mass is 284 g/mol. The first-order valence-electron chi connectivity index (χ1n) is 7.73. The molecule has 0 saturated carbocycles. The van der Waals surface area contributed by atoms with E-state index in [2.05, 4.69) is 29.8 Å². The van der Waals surface area contributed by atoms with Crippen molar-refractivity contribution in [2.45, 2.75) is 52.0 Å². The lowest BCUT2D eigenvalue weighted by atomic mass is 9.95. The highest BCUT2D eigenvalue weighted by Crippen LogP contribution is 2.39. The third-order valence-corrected chi connectivity index (χ3v) is 5.77. The number of aryl methyl sites for hydroxylation is 1. The fraction of sp³-hybridized carbons (Fsp3) is 0.471. The van der Waals surface area contributed by atoms with Crippen molar-refractivity contribution in [1.82, 2.24) is 4.57 Å². The number of hydrogen-bond acceptors (Lipinski definition) is 2. The molecule has 3 heterocycles. The fourth-order valence-corrected chi connectivity index (χ4v) is 4.86. The Morgan fingerprint density at radius 3 is 3.05 bits per heavy atom. The minimum absolute atomic E-state index is 0.887. The first-order valence-corrected chi connectivity index (χ1v) is 8.55. The van der Waals surface area contributed by atoms with E-state index in [0.717, 1.165) is 19.4 Å². The van der Waals surface area contributed by atoms with Gasteiger partial charge in [-0.25, -0.2) is 0 Å². The number of aromatic nitrogens is 1. The standard InChI is InChI=1S/C17H20N2S/c1-2-6-14-15-8-5-10-19(15)17-13(11-18-14)12-7-3-4-9-16(12)20-17/h5,8,10H,2-4,6-7,9,11H2,1H3. The minimum Gasteiger partial charge on any atom is -0.307 e. The summed E-state index contributed by atoms with van der Waals surface area (Å²) >= 11 is 2.01. The highest BCUT2D eigenvalue weighted by molar-refractivity contribution is 7.15. The quantitative estimate of drug-likeness (QED) is 0.771. The smallest absolute Gasteiger partial charge is 0.105 e. The topological polar surface area (TPSA) is 17.3 Å². The zero-order chi connectivity index (χ0) is 13.5. The molecule has 2 aliphatic rings. The van der Waals surface area contributed by atoms with E-state index in [-0.39, 0.29) is 0 Å². The zero-order valence-electron chi connectivity index (χ0n) is 12.0. The lowest BCUT2D eigenvalue weighted by Crippen LogP contribution is -2.05. The maximum atomic E-state index is 4.95. The Bertz CT molecular complexity index is 675. The first-order chi connectivity index (χ1) is 9.88. The molecule has 0 radical (unpaired) electrons. The SMILES string of the molecule is CCCC1=NCc2c(sc3c2CCCC3)-n2cccc21. The molecule has 0 amide bonds. The van der Waals surface area contributed by atoms with Gasteiger partial charge in [-0.15, -0.1) is 11.3 Å². The van der Waals surface area contributed by atoms with Gasteiger partial charge in [0.2, 0.25) is 0 Å². The molecule has 2 aromatic heterocycles. The summed E-state index contributed by atoms with van der Waals surface area (Å²) in [6, 6.07) is 4.39. The van der Waals surface area contributed by atoms with Crippen LogP contribution < -0.4 is 0 Å². The maximum absolute atomic E-state index is 4.95. The van der Waals surface area contributed by atoms with E-state index >= 15 is 0 Å². The second-order valence-corrected chi connectivity index (χ2v) is 6.85. The number of aliphatic imine (C=N–C) groups is 1. The Hall–Kier alpha value is -1.35. The largest absolute Gasteiger partial charge is 0.307 e. The fourth-order valence-electron chi connectivity index (χ4n) is 3.47. The molecule has 104 valence electrons. The summed E-state index contributed by atoms with van der Waals surface area (Å²) < 4.78 is 2.39. The van der Waals surface area contributed by atoms with Crippen molar-refractivity contribution < 1.29 is 0 Å². The van der Waals surface area contributed by atoms with Gasteiger partial charge in [-0.2, -0.15) is 0 Å². The Kier molecular flexibility index (Phi) is 3.03. The van der Waals surface area contributed by atoms with Gasteiger partial charge in [-0.3, -0.25) is 4.99 Å². The van der Waals surface area contributed by atoms with Crippen LogP contribution in [0.15, 0.2) is 23.3 Å². The molecule has 2 aromatic rings. The van der Waals surface area contributed by atoms with Gasteiger partial charge >= 0.3 is 0 Å². The highest BCUT2D eigenvalue weighted by Gasteiger charge is 2.24. The van der Waals surface area contributed by atoms with E-state index < -0.39 is 0 Å². The molecular weight excluding hydrogens is 264 g/mol. The van der Waals surface area contributed by atoms with Crippen LogP contribution in [0.5, 0.6) is 0 Å². The van der Waals surface area contributed by atoms with Crippen LogP contribution in [0.4, 0.5) is 0 Å². The van der Waals surface area contributed by atoms with Crippen molar-refractivity contribution in [1.29, 1.82) is 0 Å². The van der Waals surface area contributed by atoms with E-state index in [1.54, 1.807) is 10.4 Å². The first kappa shape index (κ1) is 12.4. The van der Waals surface area contributed by atoms with E-state index in [1.165, 1.54) is 47.7 Å². The van der Waals surface area contributed by atoms with Crippen molar-refractivity contribution >= 4 is 17.0 Å². The van der Waals surface area contributed by atoms with Crippen LogP contribution >= 0.6 is 11.3 Å². The lowest BCUT2D eigenvalue weighted by Gasteiger charge is -2.11. The minimum atomic E-state index is 0.887. The number of thiophene rings is 1. The van der Waals surface area contributed by atoms with Gasteiger partial charge in [0.25, 0.3) is 0 Å². The Morgan fingerprint density at radius 1 is 1.25 bits per heavy atom. The maximum Gasteiger partial charge on any atom is 0.105 e. The van der Waals surface area contributed by atoms with Gasteiger partial charge in [-0.1, -0.05) is 13.3 Å². The molecule has 20 heavy (non-hydrogen) atoms. The molecule has 1 aliphatic heterocycles. The number of hydrogen-bond donors (Lipinski definition) is 0. The van der Waals surface area contributed by atoms with Gasteiger partial charge in [0.05, 0.1) is 18.0 Å². The van der Waals surface area contributed by atoms with E-state index in [0.29, 0.717) is 0 Å². The normalized spacial score (nSPS) is 16.9. The Labute approximate surface area is 124 Å². The molecule has 4 rings (SSSR count). The van der Waals surface area contributed by atoms with Crippen LogP contribution in [0.2, 0.25) is 0 Å². The molecule has 0 fully saturated rings. The van der Waals surface area contributed by atoms with E-state index in [1.807, 2.05) is 11.3 Å². The van der Waals surface area contributed by atoms with Crippen LogP contribution in [-0.2, 0) is 19.4 Å². The number of rotatable bonds is 2. The average Bonchev–Trinajstić information content (AvgIpc) is 3.05. The summed E-state index contributed by atoms with van der Waals surface area (Å²) in [6.45, 7) is 3.12. The van der Waals surface area contributed by atoms with Crippen LogP contribution in [0.25, 0.3) is 5.00 Å². The van der Waals surface area contributed by atoms with Crippen LogP contribution in [-0.4, -0.2) is 10.3 Å². The van der Waals surface area contributed by atoms with Gasteiger partial charge in [0, 0.05) is 16.6 Å². The van der Waals surface area contributed by atoms with Crippen molar-refractivity contribution in [2.24, 2.45) is 4.99 Å². The molecule has 0 atom stereocenters. The summed E-state index contributed by atoms with van der Waals surface area (Å²) in [4.78, 5) is 6.57. The Balaban J connectivity index is 1.89. The third-order valence-electron chi connectivity index (χ3n) is 4.44. The molecule has 1 aliphatic carbocycles. The zero-order valence-corrected chi connectivity index (χ0v) is 12.8. The van der Waals surface area contributed by atoms with Crippen LogP contribution in [0.1, 0.15) is 54.3 Å². The molecule has 0 aromatic carbocycles. The van der Waals surface area contributed by atoms with Gasteiger partial charge in [0.15, 0.2) is 0 Å². The van der Waals surface area contributed by atoms with Crippen molar-refractivity contribution in [3.05, 3.63) is 40.0 Å². The number of nitrogens with zero attached hydrogens (tertiary/aromatic N) is 2. The summed E-state index contributed by atoms with van der Waals surface area (Å²) in [5.74, 6) is 0. The van der Waals surface area contributed by atoms with Gasteiger partial charge < -0.3 is 4.57 Å². The molecular formula is C17H20N2S. The summed E-state index contributed by atoms with van der Waals surface area (Å²) in [6.07, 6.45) is 9.70. The van der Waals surface area contributed by atoms with Crippen molar-refractivity contribution in [3.8, 4) is 5.00 Å². The van der Waals surface area contributed by atoms with Gasteiger partial charge in [0.1, 0.15) is 5.00 Å². The Morgan fingerprint density at radius 2 is 2.15 bits per heavy atom. The van der Waals surface area contributed by atoms with Crippen LogP contribution in [0, 0.1) is 0 Å². The molecule has 0 bridgehead atoms. The summed E-state index contributed by atoms with van der Waals surface area (Å²) in [5.41, 5.74) is 5.72. The summed E-state index contributed by atoms with van der Waals surface area (Å²) in [5, 5.41) is 1.44. The van der Waals surface area contributed by atoms with Gasteiger partial charge in [-0.05, 0) is 49.8 Å².